The first-order valence-electron chi connectivity index (χ1n) is 8.75. The van der Waals surface area contributed by atoms with Crippen LogP contribution in [0.15, 0.2) is 46.5 Å². The SMILES string of the molecule is NC1=C(O)C(O)=CC12C(=O)OC1CCCCC1OC(=O)C1=CC(O)=C(O)C12O. The van der Waals surface area contributed by atoms with Crippen LogP contribution in [0.2, 0.25) is 0 Å². The Labute approximate surface area is 158 Å². The van der Waals surface area contributed by atoms with Crippen LogP contribution < -0.4 is 5.73 Å². The first-order chi connectivity index (χ1) is 13.1. The molecule has 4 aliphatic rings. The molecule has 1 saturated heterocycles. The summed E-state index contributed by atoms with van der Waals surface area (Å²) in [4.78, 5) is 26.0. The van der Waals surface area contributed by atoms with Crippen LogP contribution in [0.5, 0.6) is 0 Å². The van der Waals surface area contributed by atoms with Crippen molar-refractivity contribution in [3.63, 3.8) is 0 Å². The molecule has 1 aliphatic heterocycles. The summed E-state index contributed by atoms with van der Waals surface area (Å²) in [5.74, 6) is -6.14. The second-order valence-electron chi connectivity index (χ2n) is 7.27. The molecule has 0 bridgehead atoms. The summed E-state index contributed by atoms with van der Waals surface area (Å²) in [5, 5.41) is 51.8. The van der Waals surface area contributed by atoms with Crippen LogP contribution in [0.4, 0.5) is 0 Å². The molecule has 2 fully saturated rings. The maximum Gasteiger partial charge on any atom is 0.338 e. The average Bonchev–Trinajstić information content (AvgIpc) is 3.04. The zero-order chi connectivity index (χ0) is 20.4. The van der Waals surface area contributed by atoms with Crippen molar-refractivity contribution < 1.29 is 44.6 Å². The lowest BCUT2D eigenvalue weighted by molar-refractivity contribution is -0.174. The average molecular weight is 393 g/mol. The van der Waals surface area contributed by atoms with Gasteiger partial charge < -0.3 is 40.7 Å². The second-order valence-corrected chi connectivity index (χ2v) is 7.27. The van der Waals surface area contributed by atoms with Crippen molar-refractivity contribution in [2.45, 2.75) is 43.5 Å². The van der Waals surface area contributed by atoms with Crippen molar-refractivity contribution in [3.05, 3.63) is 46.5 Å². The molecule has 150 valence electrons. The number of fused-ring (bicyclic) bond motifs is 3. The van der Waals surface area contributed by atoms with Gasteiger partial charge in [-0.15, -0.1) is 0 Å². The number of ether oxygens (including phenoxy) is 2. The third-order valence-electron chi connectivity index (χ3n) is 5.80. The van der Waals surface area contributed by atoms with Gasteiger partial charge in [0.2, 0.25) is 0 Å². The number of carbonyl (C=O) groups is 2. The summed E-state index contributed by atoms with van der Waals surface area (Å²) in [6.45, 7) is 0. The van der Waals surface area contributed by atoms with Gasteiger partial charge in [-0.25, -0.2) is 4.79 Å². The normalized spacial score (nSPS) is 38.0. The molecule has 1 heterocycles. The van der Waals surface area contributed by atoms with E-state index in [1.807, 2.05) is 0 Å². The minimum absolute atomic E-state index is 0.385. The number of aliphatic hydroxyl groups excluding tert-OH is 4. The van der Waals surface area contributed by atoms with Gasteiger partial charge in [0.15, 0.2) is 34.1 Å². The Hall–Kier alpha value is -3.14. The van der Waals surface area contributed by atoms with Gasteiger partial charge in [-0.05, 0) is 37.8 Å². The molecule has 3 aliphatic carbocycles. The smallest absolute Gasteiger partial charge is 0.338 e. The molecule has 0 amide bonds. The van der Waals surface area contributed by atoms with Gasteiger partial charge in [-0.1, -0.05) is 0 Å². The summed E-state index contributed by atoms with van der Waals surface area (Å²) in [6, 6.07) is 0. The largest absolute Gasteiger partial charge is 0.506 e. The summed E-state index contributed by atoms with van der Waals surface area (Å²) in [6.07, 6.45) is 2.03. The van der Waals surface area contributed by atoms with Crippen LogP contribution >= 0.6 is 0 Å². The number of aliphatic hydroxyl groups is 5. The van der Waals surface area contributed by atoms with Crippen LogP contribution in [0.1, 0.15) is 25.7 Å². The first-order valence-corrected chi connectivity index (χ1v) is 8.75. The predicted molar refractivity (Wildman–Crippen MR) is 90.5 cm³/mol. The van der Waals surface area contributed by atoms with Crippen molar-refractivity contribution >= 4 is 11.9 Å². The van der Waals surface area contributed by atoms with Crippen molar-refractivity contribution in [2.24, 2.45) is 11.1 Å². The minimum atomic E-state index is -2.96. The number of rotatable bonds is 0. The molecule has 4 unspecified atom stereocenters. The van der Waals surface area contributed by atoms with E-state index in [0.717, 1.165) is 12.5 Å². The Morgan fingerprint density at radius 1 is 1.04 bits per heavy atom. The zero-order valence-corrected chi connectivity index (χ0v) is 14.6. The monoisotopic (exact) mass is 393 g/mol. The van der Waals surface area contributed by atoms with E-state index in [-0.39, 0.29) is 0 Å². The maximum absolute atomic E-state index is 13.2. The Balaban J connectivity index is 1.99. The topological polar surface area (TPSA) is 180 Å². The number of hydrogen-bond acceptors (Lipinski definition) is 10. The lowest BCUT2D eigenvalue weighted by Crippen LogP contribution is -2.57. The number of hydrogen-bond donors (Lipinski definition) is 6. The quantitative estimate of drug-likeness (QED) is 0.318. The highest BCUT2D eigenvalue weighted by atomic mass is 16.6. The van der Waals surface area contributed by atoms with Crippen LogP contribution in [-0.2, 0) is 19.1 Å². The molecule has 1 saturated carbocycles. The fourth-order valence-corrected chi connectivity index (χ4v) is 4.28. The molecule has 28 heavy (non-hydrogen) atoms. The highest BCUT2D eigenvalue weighted by molar-refractivity contribution is 5.99. The Morgan fingerprint density at radius 3 is 2.21 bits per heavy atom. The van der Waals surface area contributed by atoms with Crippen molar-refractivity contribution in [1.82, 2.24) is 0 Å². The number of carbonyl (C=O) groups excluding carboxylic acids is 2. The third kappa shape index (κ3) is 2.00. The first kappa shape index (κ1) is 18.2. The second kappa shape index (κ2) is 5.68. The van der Waals surface area contributed by atoms with E-state index >= 15 is 0 Å². The molecule has 10 nitrogen and oxygen atoms in total. The van der Waals surface area contributed by atoms with E-state index in [9.17, 15) is 35.1 Å². The van der Waals surface area contributed by atoms with E-state index in [0.29, 0.717) is 25.3 Å². The lowest BCUT2D eigenvalue weighted by Gasteiger charge is -2.39. The van der Waals surface area contributed by atoms with E-state index in [4.69, 9.17) is 15.2 Å². The van der Waals surface area contributed by atoms with E-state index in [1.165, 1.54) is 0 Å². The molecule has 0 aromatic rings. The lowest BCUT2D eigenvalue weighted by atomic mass is 9.67. The number of esters is 2. The third-order valence-corrected chi connectivity index (χ3v) is 5.80. The van der Waals surface area contributed by atoms with E-state index in [2.05, 4.69) is 0 Å². The van der Waals surface area contributed by atoms with E-state index in [1.54, 1.807) is 0 Å². The molecular formula is C18H19NO9. The maximum atomic E-state index is 13.2. The van der Waals surface area contributed by atoms with Gasteiger partial charge in [0.1, 0.15) is 12.2 Å². The molecule has 4 atom stereocenters. The van der Waals surface area contributed by atoms with Gasteiger partial charge in [0, 0.05) is 0 Å². The summed E-state index contributed by atoms with van der Waals surface area (Å²) < 4.78 is 10.9. The van der Waals surface area contributed by atoms with E-state index < -0.39 is 69.5 Å². The zero-order valence-electron chi connectivity index (χ0n) is 14.6. The summed E-state index contributed by atoms with van der Waals surface area (Å²) >= 11 is 0. The van der Waals surface area contributed by atoms with Crippen LogP contribution in [0, 0.1) is 5.41 Å². The van der Waals surface area contributed by atoms with Crippen molar-refractivity contribution in [3.8, 4) is 0 Å². The van der Waals surface area contributed by atoms with Crippen molar-refractivity contribution in [2.75, 3.05) is 0 Å². The molecule has 0 aromatic carbocycles. The molecule has 7 N–H and O–H groups in total. The molecular weight excluding hydrogens is 374 g/mol. The number of allylic oxidation sites excluding steroid dienone is 1. The summed E-state index contributed by atoms with van der Waals surface area (Å²) in [5.41, 5.74) is -1.10. The van der Waals surface area contributed by atoms with Gasteiger partial charge in [0.05, 0.1) is 11.3 Å². The fraction of sp³-hybridized carbons (Fsp3) is 0.444. The highest BCUT2D eigenvalue weighted by Gasteiger charge is 2.70. The molecule has 10 heteroatoms. The van der Waals surface area contributed by atoms with Gasteiger partial charge in [0.25, 0.3) is 0 Å². The van der Waals surface area contributed by atoms with Gasteiger partial charge in [-0.3, -0.25) is 4.79 Å². The van der Waals surface area contributed by atoms with Gasteiger partial charge in [-0.2, -0.15) is 0 Å². The number of nitrogens with two attached hydrogens (primary N) is 1. The Bertz CT molecular complexity index is 914. The fourth-order valence-electron chi connectivity index (χ4n) is 4.28. The summed E-state index contributed by atoms with van der Waals surface area (Å²) in [7, 11) is 0. The molecule has 4 rings (SSSR count). The molecule has 1 spiro atoms. The van der Waals surface area contributed by atoms with Crippen LogP contribution in [0.25, 0.3) is 0 Å². The Kier molecular flexibility index (Phi) is 3.70. The molecule has 0 aromatic heterocycles. The predicted octanol–water partition coefficient (Wildman–Crippen LogP) is 0.566. The van der Waals surface area contributed by atoms with Crippen LogP contribution in [0.3, 0.4) is 0 Å². The highest BCUT2D eigenvalue weighted by Crippen LogP contribution is 2.55. The van der Waals surface area contributed by atoms with Crippen LogP contribution in [-0.4, -0.2) is 55.3 Å². The van der Waals surface area contributed by atoms with Gasteiger partial charge >= 0.3 is 11.9 Å². The minimum Gasteiger partial charge on any atom is -0.506 e. The Morgan fingerprint density at radius 2 is 1.64 bits per heavy atom. The molecule has 0 radical (unpaired) electrons. The standard InChI is InChI=1S/C18H19NO9/c19-13-12(22)9(21)6-17(13)16(25)28-11-4-2-1-3-10(11)27-15(24)7-5-8(20)14(23)18(7,17)26/h5-6,10-11,20-23,26H,1-4,19H2. The van der Waals surface area contributed by atoms with Crippen molar-refractivity contribution in [1.29, 1.82) is 0 Å².